The molecule has 0 fully saturated rings. The van der Waals surface area contributed by atoms with Gasteiger partial charge in [-0.05, 0) is 55.2 Å². The van der Waals surface area contributed by atoms with E-state index in [1.165, 1.54) is 0 Å². The van der Waals surface area contributed by atoms with Gasteiger partial charge in [0.1, 0.15) is 11.6 Å². The van der Waals surface area contributed by atoms with Crippen molar-refractivity contribution < 1.29 is 19.1 Å². The van der Waals surface area contributed by atoms with E-state index in [1.54, 1.807) is 39.2 Å². The summed E-state index contributed by atoms with van der Waals surface area (Å²) in [6.07, 6.45) is 3.65. The molecule has 2 amide bonds. The molecule has 33 heavy (non-hydrogen) atoms. The summed E-state index contributed by atoms with van der Waals surface area (Å²) in [6.45, 7) is 6.09. The molecule has 1 heterocycles. The summed E-state index contributed by atoms with van der Waals surface area (Å²) in [5.74, 6) is 0.167. The summed E-state index contributed by atoms with van der Waals surface area (Å²) in [6, 6.07) is 16.2. The molecule has 1 aliphatic heterocycles. The lowest BCUT2D eigenvalue weighted by Gasteiger charge is -2.32. The number of amides is 2. The number of benzene rings is 2. The number of carbonyl (C=O) groups is 2. The number of nitriles is 1. The van der Waals surface area contributed by atoms with Gasteiger partial charge in [0, 0.05) is 5.57 Å². The van der Waals surface area contributed by atoms with E-state index in [2.05, 4.69) is 6.92 Å². The van der Waals surface area contributed by atoms with Crippen LogP contribution < -0.4 is 9.47 Å². The minimum atomic E-state index is -0.578. The number of nitrogens with zero attached hydrogens (tertiary/aromatic N) is 2. The van der Waals surface area contributed by atoms with Crippen molar-refractivity contribution in [3.63, 3.8) is 0 Å². The van der Waals surface area contributed by atoms with Crippen molar-refractivity contribution in [2.75, 3.05) is 13.7 Å². The molecule has 0 N–H and O–H groups in total. The first-order valence-corrected chi connectivity index (χ1v) is 11.0. The fraction of sp³-hybridized carbons (Fsp3) is 0.296. The van der Waals surface area contributed by atoms with Crippen molar-refractivity contribution in [1.82, 2.24) is 4.90 Å². The lowest BCUT2D eigenvalue weighted by Crippen LogP contribution is -2.44. The Morgan fingerprint density at radius 3 is 2.45 bits per heavy atom. The number of hydrogen-bond acceptors (Lipinski definition) is 5. The summed E-state index contributed by atoms with van der Waals surface area (Å²) in [7, 11) is 1.56. The molecule has 1 atom stereocenters. The summed E-state index contributed by atoms with van der Waals surface area (Å²) in [5.41, 5.74) is 2.15. The molecule has 1 unspecified atom stereocenters. The lowest BCUT2D eigenvalue weighted by atomic mass is 9.91. The molecule has 0 aromatic heterocycles. The van der Waals surface area contributed by atoms with Crippen molar-refractivity contribution in [2.45, 2.75) is 39.7 Å². The molecular weight excluding hydrogens is 416 g/mol. The van der Waals surface area contributed by atoms with Gasteiger partial charge in [-0.3, -0.25) is 14.5 Å². The largest absolute Gasteiger partial charge is 0.493 e. The molecule has 0 bridgehead atoms. The number of hydrogen-bond donors (Lipinski definition) is 0. The number of methoxy groups -OCH3 is 1. The second-order valence-corrected chi connectivity index (χ2v) is 7.85. The van der Waals surface area contributed by atoms with Gasteiger partial charge in [-0.1, -0.05) is 49.7 Å². The van der Waals surface area contributed by atoms with E-state index in [1.807, 2.05) is 42.5 Å². The molecule has 1 aliphatic rings. The van der Waals surface area contributed by atoms with E-state index < -0.39 is 17.9 Å². The van der Waals surface area contributed by atoms with Gasteiger partial charge in [-0.2, -0.15) is 5.26 Å². The molecule has 0 radical (unpaired) electrons. The standard InChI is InChI=1S/C27H28N2O4/c1-5-6-14-33-24-13-12-20(16-25(24)32-4)15-22-18(2)23(17-28)27(31)29(26(22)30)19(3)21-10-8-7-9-11-21/h7-13,15-16,19H,5-6,14H2,1-4H3/b22-15+. The highest BCUT2D eigenvalue weighted by atomic mass is 16.5. The third kappa shape index (κ3) is 4.98. The molecule has 0 saturated carbocycles. The van der Waals surface area contributed by atoms with Gasteiger partial charge >= 0.3 is 0 Å². The average Bonchev–Trinajstić information content (AvgIpc) is 2.83. The molecule has 0 saturated heterocycles. The SMILES string of the molecule is CCCCOc1ccc(/C=C2/C(=O)N(C(C)c3ccccc3)C(=O)C(C#N)=C2C)cc1OC. The predicted molar refractivity (Wildman–Crippen MR) is 126 cm³/mol. The predicted octanol–water partition coefficient (Wildman–Crippen LogP) is 5.23. The summed E-state index contributed by atoms with van der Waals surface area (Å²) in [5, 5.41) is 9.66. The zero-order valence-electron chi connectivity index (χ0n) is 19.4. The Morgan fingerprint density at radius 2 is 1.82 bits per heavy atom. The van der Waals surface area contributed by atoms with Crippen LogP contribution in [0.5, 0.6) is 11.5 Å². The first kappa shape index (κ1) is 23.8. The Bertz CT molecular complexity index is 1140. The fourth-order valence-corrected chi connectivity index (χ4v) is 3.72. The number of carbonyl (C=O) groups excluding carboxylic acids is 2. The van der Waals surface area contributed by atoms with E-state index in [9.17, 15) is 14.9 Å². The molecule has 0 aliphatic carbocycles. The molecule has 3 rings (SSSR count). The van der Waals surface area contributed by atoms with E-state index in [0.717, 1.165) is 23.3 Å². The van der Waals surface area contributed by atoms with Crippen LogP contribution >= 0.6 is 0 Å². The number of ether oxygens (including phenoxy) is 2. The minimum absolute atomic E-state index is 0.0323. The summed E-state index contributed by atoms with van der Waals surface area (Å²) < 4.78 is 11.3. The first-order valence-electron chi connectivity index (χ1n) is 11.0. The normalized spacial score (nSPS) is 16.1. The van der Waals surface area contributed by atoms with Crippen LogP contribution in [0.1, 0.15) is 50.8 Å². The van der Waals surface area contributed by atoms with Crippen molar-refractivity contribution in [3.8, 4) is 17.6 Å². The molecule has 0 spiro atoms. The monoisotopic (exact) mass is 444 g/mol. The zero-order valence-corrected chi connectivity index (χ0v) is 19.4. The topological polar surface area (TPSA) is 79.6 Å². The second kappa shape index (κ2) is 10.6. The third-order valence-corrected chi connectivity index (χ3v) is 5.70. The van der Waals surface area contributed by atoms with Crippen LogP contribution in [0.15, 0.2) is 65.3 Å². The van der Waals surface area contributed by atoms with Crippen LogP contribution in [-0.4, -0.2) is 30.4 Å². The van der Waals surface area contributed by atoms with Gasteiger partial charge < -0.3 is 9.47 Å². The summed E-state index contributed by atoms with van der Waals surface area (Å²) >= 11 is 0. The van der Waals surface area contributed by atoms with Gasteiger partial charge in [0.15, 0.2) is 11.5 Å². The average molecular weight is 445 g/mol. The Morgan fingerprint density at radius 1 is 1.09 bits per heavy atom. The minimum Gasteiger partial charge on any atom is -0.493 e. The first-order chi connectivity index (χ1) is 15.9. The van der Waals surface area contributed by atoms with Crippen LogP contribution in [-0.2, 0) is 9.59 Å². The van der Waals surface area contributed by atoms with Gasteiger partial charge in [-0.15, -0.1) is 0 Å². The zero-order chi connectivity index (χ0) is 24.0. The molecule has 2 aromatic rings. The van der Waals surface area contributed by atoms with Crippen molar-refractivity contribution >= 4 is 17.9 Å². The van der Waals surface area contributed by atoms with Crippen LogP contribution in [0.3, 0.4) is 0 Å². The quantitative estimate of drug-likeness (QED) is 0.317. The maximum atomic E-state index is 13.5. The van der Waals surface area contributed by atoms with Gasteiger partial charge in [-0.25, -0.2) is 0 Å². The Balaban J connectivity index is 2.02. The van der Waals surface area contributed by atoms with E-state index in [-0.39, 0.29) is 5.57 Å². The highest BCUT2D eigenvalue weighted by Crippen LogP contribution is 2.34. The van der Waals surface area contributed by atoms with E-state index in [0.29, 0.717) is 34.8 Å². The van der Waals surface area contributed by atoms with Crippen molar-refractivity contribution in [3.05, 3.63) is 76.4 Å². The van der Waals surface area contributed by atoms with Crippen LogP contribution in [0.25, 0.3) is 6.08 Å². The number of imide groups is 1. The Kier molecular flexibility index (Phi) is 7.68. The maximum absolute atomic E-state index is 13.5. The molecule has 2 aromatic carbocycles. The van der Waals surface area contributed by atoms with Crippen LogP contribution in [0.2, 0.25) is 0 Å². The molecule has 6 heteroatoms. The van der Waals surface area contributed by atoms with Crippen molar-refractivity contribution in [2.24, 2.45) is 0 Å². The molecule has 6 nitrogen and oxygen atoms in total. The summed E-state index contributed by atoms with van der Waals surface area (Å²) in [4.78, 5) is 27.6. The maximum Gasteiger partial charge on any atom is 0.272 e. The lowest BCUT2D eigenvalue weighted by molar-refractivity contribution is -0.143. The van der Waals surface area contributed by atoms with E-state index in [4.69, 9.17) is 9.47 Å². The van der Waals surface area contributed by atoms with Gasteiger partial charge in [0.25, 0.3) is 11.8 Å². The van der Waals surface area contributed by atoms with E-state index >= 15 is 0 Å². The van der Waals surface area contributed by atoms with Gasteiger partial charge in [0.2, 0.25) is 0 Å². The highest BCUT2D eigenvalue weighted by molar-refractivity contribution is 6.19. The molecular formula is C27H28N2O4. The number of rotatable bonds is 8. The van der Waals surface area contributed by atoms with Crippen LogP contribution in [0.4, 0.5) is 0 Å². The van der Waals surface area contributed by atoms with Crippen molar-refractivity contribution in [1.29, 1.82) is 5.26 Å². The highest BCUT2D eigenvalue weighted by Gasteiger charge is 2.38. The van der Waals surface area contributed by atoms with Crippen LogP contribution in [0, 0.1) is 11.3 Å². The smallest absolute Gasteiger partial charge is 0.272 e. The Hall–Kier alpha value is -3.85. The third-order valence-electron chi connectivity index (χ3n) is 5.70. The number of unbranched alkanes of at least 4 members (excludes halogenated alkanes) is 1. The second-order valence-electron chi connectivity index (χ2n) is 7.85. The fourth-order valence-electron chi connectivity index (χ4n) is 3.72. The molecule has 170 valence electrons. The van der Waals surface area contributed by atoms with Gasteiger partial charge in [0.05, 0.1) is 19.8 Å². The Labute approximate surface area is 194 Å².